The van der Waals surface area contributed by atoms with Gasteiger partial charge in [0.2, 0.25) is 5.92 Å². The first kappa shape index (κ1) is 13.7. The van der Waals surface area contributed by atoms with Crippen molar-refractivity contribution in [1.29, 1.82) is 0 Å². The van der Waals surface area contributed by atoms with Crippen molar-refractivity contribution in [2.75, 3.05) is 0 Å². The molecule has 0 aliphatic heterocycles. The molecule has 1 aliphatic carbocycles. The molecule has 5 nitrogen and oxygen atoms in total. The molecule has 0 unspecified atom stereocenters. The van der Waals surface area contributed by atoms with Crippen molar-refractivity contribution in [3.63, 3.8) is 0 Å². The summed E-state index contributed by atoms with van der Waals surface area (Å²) >= 11 is 0. The normalized spacial score (nSPS) is 17.5. The monoisotopic (exact) mass is 293 g/mol. The molecule has 110 valence electrons. The highest BCUT2D eigenvalue weighted by molar-refractivity contribution is 5.61. The number of nitro benzene ring substituents is 1. The lowest BCUT2D eigenvalue weighted by Gasteiger charge is -2.33. The van der Waals surface area contributed by atoms with Gasteiger partial charge in [-0.1, -0.05) is 12.1 Å². The molecule has 0 saturated heterocycles. The summed E-state index contributed by atoms with van der Waals surface area (Å²) in [6, 6.07) is 4.81. The van der Waals surface area contributed by atoms with Gasteiger partial charge in [0.1, 0.15) is 5.82 Å². The number of aryl methyl sites for hydroxylation is 1. The number of alkyl halides is 2. The summed E-state index contributed by atoms with van der Waals surface area (Å²) < 4.78 is 25.8. The van der Waals surface area contributed by atoms with Crippen molar-refractivity contribution in [1.82, 2.24) is 9.97 Å². The lowest BCUT2D eigenvalue weighted by molar-refractivity contribution is -0.385. The maximum atomic E-state index is 12.9. The summed E-state index contributed by atoms with van der Waals surface area (Å²) in [7, 11) is 0. The van der Waals surface area contributed by atoms with Gasteiger partial charge in [0, 0.05) is 47.8 Å². The summed E-state index contributed by atoms with van der Waals surface area (Å²) in [5.41, 5.74) is 1.80. The van der Waals surface area contributed by atoms with E-state index < -0.39 is 10.8 Å². The van der Waals surface area contributed by atoms with E-state index in [4.69, 9.17) is 0 Å². The van der Waals surface area contributed by atoms with E-state index in [1.54, 1.807) is 19.1 Å². The van der Waals surface area contributed by atoms with E-state index in [1.807, 2.05) is 0 Å². The molecular weight excluding hydrogens is 280 g/mol. The fourth-order valence-corrected chi connectivity index (χ4v) is 2.52. The van der Waals surface area contributed by atoms with Crippen LogP contribution in [-0.4, -0.2) is 20.8 Å². The molecule has 1 aliphatic rings. The Hall–Kier alpha value is -2.31. The first-order valence-corrected chi connectivity index (χ1v) is 6.54. The molecule has 21 heavy (non-hydrogen) atoms. The predicted molar refractivity (Wildman–Crippen MR) is 72.3 cm³/mol. The van der Waals surface area contributed by atoms with E-state index in [-0.39, 0.29) is 24.4 Å². The number of aromatic nitrogens is 2. The highest BCUT2D eigenvalue weighted by Crippen LogP contribution is 2.47. The SMILES string of the molecule is Cc1ccc(-c2ncc(C3CC(F)(F)C3)[nH]2)cc1[N+](=O)[O-]. The van der Waals surface area contributed by atoms with E-state index in [2.05, 4.69) is 9.97 Å². The van der Waals surface area contributed by atoms with Gasteiger partial charge in [-0.25, -0.2) is 13.8 Å². The summed E-state index contributed by atoms with van der Waals surface area (Å²) in [6.07, 6.45) is 1.17. The Morgan fingerprint density at radius 1 is 1.43 bits per heavy atom. The van der Waals surface area contributed by atoms with Crippen LogP contribution in [0, 0.1) is 17.0 Å². The van der Waals surface area contributed by atoms with Gasteiger partial charge in [-0.05, 0) is 6.92 Å². The van der Waals surface area contributed by atoms with Gasteiger partial charge in [-0.2, -0.15) is 0 Å². The van der Waals surface area contributed by atoms with Crippen LogP contribution in [0.5, 0.6) is 0 Å². The number of rotatable bonds is 3. The summed E-state index contributed by atoms with van der Waals surface area (Å²) in [5, 5.41) is 10.9. The maximum Gasteiger partial charge on any atom is 0.273 e. The van der Waals surface area contributed by atoms with Crippen molar-refractivity contribution in [2.45, 2.75) is 31.6 Å². The number of H-pyrrole nitrogens is 1. The molecule has 3 rings (SSSR count). The van der Waals surface area contributed by atoms with Gasteiger partial charge in [-0.3, -0.25) is 10.1 Å². The molecule has 1 fully saturated rings. The first-order chi connectivity index (χ1) is 9.85. The molecule has 2 aromatic rings. The minimum absolute atomic E-state index is 0.0145. The second-order valence-corrected chi connectivity index (χ2v) is 5.41. The van der Waals surface area contributed by atoms with Crippen molar-refractivity contribution >= 4 is 5.69 Å². The topological polar surface area (TPSA) is 71.8 Å². The van der Waals surface area contributed by atoms with Crippen LogP contribution in [0.15, 0.2) is 24.4 Å². The molecule has 0 bridgehead atoms. The van der Waals surface area contributed by atoms with E-state index in [0.29, 0.717) is 22.6 Å². The Morgan fingerprint density at radius 2 is 2.14 bits per heavy atom. The van der Waals surface area contributed by atoms with E-state index in [0.717, 1.165) is 0 Å². The van der Waals surface area contributed by atoms with Crippen molar-refractivity contribution in [3.05, 3.63) is 45.8 Å². The quantitative estimate of drug-likeness (QED) is 0.691. The van der Waals surface area contributed by atoms with E-state index in [1.165, 1.54) is 12.3 Å². The van der Waals surface area contributed by atoms with Gasteiger partial charge < -0.3 is 4.98 Å². The maximum absolute atomic E-state index is 12.9. The van der Waals surface area contributed by atoms with Crippen molar-refractivity contribution < 1.29 is 13.7 Å². The molecule has 0 atom stereocenters. The Kier molecular flexibility index (Phi) is 3.00. The lowest BCUT2D eigenvalue weighted by Crippen LogP contribution is -2.33. The van der Waals surface area contributed by atoms with Gasteiger partial charge in [0.05, 0.1) is 4.92 Å². The van der Waals surface area contributed by atoms with Crippen LogP contribution in [0.3, 0.4) is 0 Å². The van der Waals surface area contributed by atoms with Gasteiger partial charge >= 0.3 is 0 Å². The minimum atomic E-state index is -2.58. The zero-order valence-corrected chi connectivity index (χ0v) is 11.3. The standard InChI is InChI=1S/C14H13F2N3O2/c1-8-2-3-9(4-12(8)19(20)21)13-17-7-11(18-13)10-5-14(15,16)6-10/h2-4,7,10H,5-6H2,1H3,(H,17,18). The average Bonchev–Trinajstić information content (AvgIpc) is 2.85. The smallest absolute Gasteiger partial charge is 0.273 e. The minimum Gasteiger partial charge on any atom is -0.342 e. The number of nitrogens with zero attached hydrogens (tertiary/aromatic N) is 2. The van der Waals surface area contributed by atoms with Gasteiger partial charge in [-0.15, -0.1) is 0 Å². The number of nitrogens with one attached hydrogen (secondary N) is 1. The second kappa shape index (κ2) is 4.61. The van der Waals surface area contributed by atoms with Crippen molar-refractivity contribution in [3.8, 4) is 11.4 Å². The Morgan fingerprint density at radius 3 is 2.76 bits per heavy atom. The summed E-state index contributed by atoms with van der Waals surface area (Å²) in [5.74, 6) is -2.34. The van der Waals surface area contributed by atoms with Crippen LogP contribution in [0.2, 0.25) is 0 Å². The molecule has 1 heterocycles. The van der Waals surface area contributed by atoms with Gasteiger partial charge in [0.25, 0.3) is 5.69 Å². The zero-order chi connectivity index (χ0) is 15.2. The fourth-order valence-electron chi connectivity index (χ4n) is 2.52. The van der Waals surface area contributed by atoms with Crippen LogP contribution in [-0.2, 0) is 0 Å². The zero-order valence-electron chi connectivity index (χ0n) is 11.3. The third-order valence-corrected chi connectivity index (χ3v) is 3.80. The molecule has 1 N–H and O–H groups in total. The van der Waals surface area contributed by atoms with E-state index >= 15 is 0 Å². The largest absolute Gasteiger partial charge is 0.342 e. The highest BCUT2D eigenvalue weighted by atomic mass is 19.3. The van der Waals surface area contributed by atoms with Crippen LogP contribution < -0.4 is 0 Å². The third-order valence-electron chi connectivity index (χ3n) is 3.80. The molecule has 0 spiro atoms. The molecule has 1 aromatic carbocycles. The van der Waals surface area contributed by atoms with Crippen LogP contribution in [0.25, 0.3) is 11.4 Å². The van der Waals surface area contributed by atoms with Crippen LogP contribution in [0.4, 0.5) is 14.5 Å². The Labute approximate surface area is 119 Å². The number of hydrogen-bond donors (Lipinski definition) is 1. The van der Waals surface area contributed by atoms with Gasteiger partial charge in [0.15, 0.2) is 0 Å². The molecule has 0 amide bonds. The fraction of sp³-hybridized carbons (Fsp3) is 0.357. The second-order valence-electron chi connectivity index (χ2n) is 5.41. The molecule has 7 heteroatoms. The van der Waals surface area contributed by atoms with Crippen LogP contribution >= 0.6 is 0 Å². The van der Waals surface area contributed by atoms with E-state index in [9.17, 15) is 18.9 Å². The summed E-state index contributed by atoms with van der Waals surface area (Å²) in [6.45, 7) is 1.66. The Balaban J connectivity index is 1.87. The molecule has 0 radical (unpaired) electrons. The molecular formula is C14H13F2N3O2. The average molecular weight is 293 g/mol. The number of imidazole rings is 1. The number of nitro groups is 1. The van der Waals surface area contributed by atoms with Crippen molar-refractivity contribution in [2.24, 2.45) is 0 Å². The number of hydrogen-bond acceptors (Lipinski definition) is 3. The number of aromatic amines is 1. The number of benzene rings is 1. The highest BCUT2D eigenvalue weighted by Gasteiger charge is 2.46. The van der Waals surface area contributed by atoms with Crippen LogP contribution in [0.1, 0.15) is 30.0 Å². The Bertz CT molecular complexity index is 704. The third kappa shape index (κ3) is 2.51. The predicted octanol–water partition coefficient (Wildman–Crippen LogP) is 3.81. The number of halogens is 2. The lowest BCUT2D eigenvalue weighted by atomic mass is 9.79. The summed E-state index contributed by atoms with van der Waals surface area (Å²) in [4.78, 5) is 17.6. The molecule has 1 aromatic heterocycles. The first-order valence-electron chi connectivity index (χ1n) is 6.54. The molecule has 1 saturated carbocycles.